The zero-order valence-electron chi connectivity index (χ0n) is 16.3. The van der Waals surface area contributed by atoms with E-state index in [1.54, 1.807) is 16.2 Å². The van der Waals surface area contributed by atoms with Crippen molar-refractivity contribution in [3.63, 3.8) is 0 Å². The second kappa shape index (κ2) is 9.69. The van der Waals surface area contributed by atoms with E-state index < -0.39 is 0 Å². The molecule has 6 heteroatoms. The van der Waals surface area contributed by atoms with E-state index >= 15 is 0 Å². The summed E-state index contributed by atoms with van der Waals surface area (Å²) in [5.74, 6) is 0.896. The number of aryl methyl sites for hydroxylation is 2. The summed E-state index contributed by atoms with van der Waals surface area (Å²) in [5, 5.41) is 2.91. The number of benzene rings is 1. The molecule has 2 aromatic rings. The number of carbonyl (C=O) groups excluding carboxylic acids is 1. The summed E-state index contributed by atoms with van der Waals surface area (Å²) in [6.45, 7) is 10.0. The molecule has 1 amide bonds. The van der Waals surface area contributed by atoms with Crippen LogP contribution >= 0.6 is 11.3 Å². The Morgan fingerprint density at radius 1 is 1.27 bits per heavy atom. The number of hydrogen-bond acceptors (Lipinski definition) is 5. The van der Waals surface area contributed by atoms with Gasteiger partial charge in [0.2, 0.25) is 5.91 Å². The molecule has 0 spiro atoms. The van der Waals surface area contributed by atoms with Gasteiger partial charge in [0.15, 0.2) is 0 Å². The van der Waals surface area contributed by atoms with Crippen LogP contribution in [0.3, 0.4) is 0 Å². The molecule has 26 heavy (non-hydrogen) atoms. The third-order valence-electron chi connectivity index (χ3n) is 4.18. The summed E-state index contributed by atoms with van der Waals surface area (Å²) < 4.78 is 10.9. The second-order valence-corrected chi connectivity index (χ2v) is 7.42. The lowest BCUT2D eigenvalue weighted by molar-refractivity contribution is -0.135. The number of methoxy groups -OCH3 is 1. The first-order chi connectivity index (χ1) is 12.4. The Kier molecular flexibility index (Phi) is 7.60. The van der Waals surface area contributed by atoms with E-state index in [1.807, 2.05) is 5.38 Å². The lowest BCUT2D eigenvalue weighted by Gasteiger charge is -2.20. The van der Waals surface area contributed by atoms with Crippen LogP contribution in [-0.4, -0.2) is 36.1 Å². The first-order valence-corrected chi connectivity index (χ1v) is 9.73. The second-order valence-electron chi connectivity index (χ2n) is 6.47. The minimum absolute atomic E-state index is 0.00832. The molecule has 0 saturated carbocycles. The molecule has 0 atom stereocenters. The quantitative estimate of drug-likeness (QED) is 0.663. The topological polar surface area (TPSA) is 51.7 Å². The van der Waals surface area contributed by atoms with Gasteiger partial charge in [-0.3, -0.25) is 4.79 Å². The third kappa shape index (κ3) is 5.54. The fourth-order valence-electron chi connectivity index (χ4n) is 2.75. The molecule has 1 aromatic carbocycles. The molecular formula is C20H28N2O3S. The van der Waals surface area contributed by atoms with Gasteiger partial charge in [0.25, 0.3) is 0 Å². The SMILES string of the molecule is CCCN(Cc1csc(COc2cc(C)cc(C)c2C)n1)C(=O)COC. The molecule has 0 unspecified atom stereocenters. The highest BCUT2D eigenvalue weighted by molar-refractivity contribution is 7.09. The van der Waals surface area contributed by atoms with E-state index in [0.717, 1.165) is 28.4 Å². The van der Waals surface area contributed by atoms with Crippen molar-refractivity contribution < 1.29 is 14.3 Å². The Hall–Kier alpha value is -1.92. The zero-order chi connectivity index (χ0) is 19.1. The molecule has 0 aliphatic carbocycles. The summed E-state index contributed by atoms with van der Waals surface area (Å²) in [4.78, 5) is 18.5. The number of carbonyl (C=O) groups is 1. The number of thiazole rings is 1. The monoisotopic (exact) mass is 376 g/mol. The van der Waals surface area contributed by atoms with Gasteiger partial charge in [-0.1, -0.05) is 13.0 Å². The number of aromatic nitrogens is 1. The summed E-state index contributed by atoms with van der Waals surface area (Å²) >= 11 is 1.56. The van der Waals surface area contributed by atoms with Crippen molar-refractivity contribution >= 4 is 17.2 Å². The van der Waals surface area contributed by atoms with Crippen LogP contribution < -0.4 is 4.74 Å². The van der Waals surface area contributed by atoms with E-state index in [0.29, 0.717) is 19.7 Å². The Bertz CT molecular complexity index is 743. The molecule has 1 aromatic heterocycles. The van der Waals surface area contributed by atoms with Crippen molar-refractivity contribution in [1.29, 1.82) is 0 Å². The highest BCUT2D eigenvalue weighted by Crippen LogP contribution is 2.24. The molecular weight excluding hydrogens is 348 g/mol. The van der Waals surface area contributed by atoms with Crippen LogP contribution in [0.25, 0.3) is 0 Å². The van der Waals surface area contributed by atoms with Crippen LogP contribution in [-0.2, 0) is 22.7 Å². The Morgan fingerprint density at radius 2 is 2.04 bits per heavy atom. The molecule has 1 heterocycles. The van der Waals surface area contributed by atoms with Crippen molar-refractivity contribution in [3.8, 4) is 5.75 Å². The Morgan fingerprint density at radius 3 is 2.73 bits per heavy atom. The van der Waals surface area contributed by atoms with Crippen molar-refractivity contribution in [2.45, 2.75) is 47.3 Å². The third-order valence-corrected chi connectivity index (χ3v) is 5.05. The van der Waals surface area contributed by atoms with Crippen LogP contribution in [0.15, 0.2) is 17.5 Å². The molecule has 0 saturated heterocycles. The van der Waals surface area contributed by atoms with Crippen molar-refractivity contribution in [2.75, 3.05) is 20.3 Å². The van der Waals surface area contributed by atoms with Crippen molar-refractivity contribution in [3.05, 3.63) is 44.9 Å². The largest absolute Gasteiger partial charge is 0.486 e. The summed E-state index contributed by atoms with van der Waals surface area (Å²) in [5.41, 5.74) is 4.47. The number of ether oxygens (including phenoxy) is 2. The minimum Gasteiger partial charge on any atom is -0.486 e. The van der Waals surface area contributed by atoms with E-state index in [-0.39, 0.29) is 12.5 Å². The van der Waals surface area contributed by atoms with Crippen LogP contribution in [0.2, 0.25) is 0 Å². The van der Waals surface area contributed by atoms with Gasteiger partial charge in [0.05, 0.1) is 12.2 Å². The summed E-state index contributed by atoms with van der Waals surface area (Å²) in [7, 11) is 1.54. The molecule has 0 aliphatic heterocycles. The smallest absolute Gasteiger partial charge is 0.248 e. The fraction of sp³-hybridized carbons (Fsp3) is 0.500. The van der Waals surface area contributed by atoms with Crippen LogP contribution in [0.5, 0.6) is 5.75 Å². The van der Waals surface area contributed by atoms with Crippen LogP contribution in [0.1, 0.15) is 40.7 Å². The number of rotatable bonds is 9. The highest BCUT2D eigenvalue weighted by Gasteiger charge is 2.15. The predicted octanol–water partition coefficient (Wildman–Crippen LogP) is 4.03. The normalized spacial score (nSPS) is 10.8. The maximum atomic E-state index is 12.1. The first-order valence-electron chi connectivity index (χ1n) is 8.85. The average molecular weight is 377 g/mol. The molecule has 0 aliphatic rings. The van der Waals surface area contributed by atoms with Gasteiger partial charge in [-0.15, -0.1) is 11.3 Å². The minimum atomic E-state index is -0.00832. The fourth-order valence-corrected chi connectivity index (χ4v) is 3.45. The standard InChI is InChI=1S/C20H28N2O3S/c1-6-7-22(20(23)12-24-5)10-17-13-26-19(21-17)11-25-18-9-14(2)8-15(3)16(18)4/h8-9,13H,6-7,10-12H2,1-5H3. The molecule has 5 nitrogen and oxygen atoms in total. The van der Waals surface area contributed by atoms with Gasteiger partial charge in [-0.25, -0.2) is 4.98 Å². The maximum Gasteiger partial charge on any atom is 0.248 e. The molecule has 0 fully saturated rings. The van der Waals surface area contributed by atoms with Gasteiger partial charge < -0.3 is 14.4 Å². The van der Waals surface area contributed by atoms with Gasteiger partial charge in [0, 0.05) is 19.0 Å². The van der Waals surface area contributed by atoms with Crippen LogP contribution in [0, 0.1) is 20.8 Å². The Balaban J connectivity index is 2.00. The van der Waals surface area contributed by atoms with Gasteiger partial charge >= 0.3 is 0 Å². The lowest BCUT2D eigenvalue weighted by Crippen LogP contribution is -2.34. The molecule has 0 radical (unpaired) electrons. The summed E-state index contributed by atoms with van der Waals surface area (Å²) in [6.07, 6.45) is 0.904. The van der Waals surface area contributed by atoms with Crippen molar-refractivity contribution in [2.24, 2.45) is 0 Å². The molecule has 142 valence electrons. The van der Waals surface area contributed by atoms with Crippen LogP contribution in [0.4, 0.5) is 0 Å². The summed E-state index contributed by atoms with van der Waals surface area (Å²) in [6, 6.07) is 4.21. The average Bonchev–Trinajstić information content (AvgIpc) is 3.04. The van der Waals surface area contributed by atoms with E-state index in [1.165, 1.54) is 18.2 Å². The maximum absolute atomic E-state index is 12.1. The first kappa shape index (κ1) is 20.4. The predicted molar refractivity (Wildman–Crippen MR) is 105 cm³/mol. The number of amides is 1. The Labute approximate surface area is 160 Å². The number of nitrogens with zero attached hydrogens (tertiary/aromatic N) is 2. The van der Waals surface area contributed by atoms with Gasteiger partial charge in [-0.2, -0.15) is 0 Å². The number of hydrogen-bond donors (Lipinski definition) is 0. The molecule has 0 bridgehead atoms. The lowest BCUT2D eigenvalue weighted by atomic mass is 10.1. The molecule has 0 N–H and O–H groups in total. The highest BCUT2D eigenvalue weighted by atomic mass is 32.1. The zero-order valence-corrected chi connectivity index (χ0v) is 17.1. The van der Waals surface area contributed by atoms with E-state index in [2.05, 4.69) is 44.8 Å². The van der Waals surface area contributed by atoms with E-state index in [9.17, 15) is 4.79 Å². The van der Waals surface area contributed by atoms with Crippen molar-refractivity contribution in [1.82, 2.24) is 9.88 Å². The van der Waals surface area contributed by atoms with E-state index in [4.69, 9.17) is 9.47 Å². The van der Waals surface area contributed by atoms with Gasteiger partial charge in [-0.05, 0) is 49.9 Å². The molecule has 2 rings (SSSR count). The van der Waals surface area contributed by atoms with Gasteiger partial charge in [0.1, 0.15) is 24.0 Å².